The first kappa shape index (κ1) is 11.9. The highest BCUT2D eigenvalue weighted by Crippen LogP contribution is 2.21. The van der Waals surface area contributed by atoms with E-state index >= 15 is 0 Å². The number of hydrogen-bond acceptors (Lipinski definition) is 2. The average molecular weight is 301 g/mol. The van der Waals surface area contributed by atoms with Gasteiger partial charge in [-0.25, -0.2) is 13.8 Å². The van der Waals surface area contributed by atoms with Crippen LogP contribution in [0.2, 0.25) is 0 Å². The van der Waals surface area contributed by atoms with Crippen molar-refractivity contribution in [2.75, 3.05) is 0 Å². The fourth-order valence-electron chi connectivity index (χ4n) is 1.38. The van der Waals surface area contributed by atoms with Gasteiger partial charge >= 0.3 is 0 Å². The first-order chi connectivity index (χ1) is 8.09. The van der Waals surface area contributed by atoms with Crippen LogP contribution in [0.3, 0.4) is 0 Å². The lowest BCUT2D eigenvalue weighted by Gasteiger charge is -2.08. The second kappa shape index (κ2) is 4.75. The van der Waals surface area contributed by atoms with Crippen molar-refractivity contribution in [2.45, 2.75) is 6.54 Å². The second-order valence-electron chi connectivity index (χ2n) is 3.37. The molecule has 6 heteroatoms. The fraction of sp³-hybridized carbons (Fsp3) is 0.0909. The molecule has 0 spiro atoms. The van der Waals surface area contributed by atoms with Crippen molar-refractivity contribution in [3.63, 3.8) is 0 Å². The molecule has 2 rings (SSSR count). The Hall–Kier alpha value is -1.56. The standard InChI is InChI=1S/C11H7BrF2N2O/c12-8-1-2-9(13)7(11(8)14)5-16-6-15-4-3-10(16)17/h1-4,6H,5H2. The molecule has 88 valence electrons. The Kier molecular flexibility index (Phi) is 3.33. The summed E-state index contributed by atoms with van der Waals surface area (Å²) in [6.07, 6.45) is 2.56. The van der Waals surface area contributed by atoms with Gasteiger partial charge in [-0.3, -0.25) is 9.36 Å². The van der Waals surface area contributed by atoms with E-state index in [1.54, 1.807) is 0 Å². The van der Waals surface area contributed by atoms with Crippen LogP contribution in [0, 0.1) is 11.6 Å². The summed E-state index contributed by atoms with van der Waals surface area (Å²) in [6.45, 7) is -0.191. The van der Waals surface area contributed by atoms with Crippen LogP contribution in [0.4, 0.5) is 8.78 Å². The van der Waals surface area contributed by atoms with E-state index in [1.807, 2.05) is 0 Å². The highest BCUT2D eigenvalue weighted by Gasteiger charge is 2.13. The van der Waals surface area contributed by atoms with Gasteiger partial charge in [-0.15, -0.1) is 0 Å². The lowest BCUT2D eigenvalue weighted by molar-refractivity contribution is 0.536. The lowest BCUT2D eigenvalue weighted by Crippen LogP contribution is -2.20. The molecule has 0 aliphatic rings. The topological polar surface area (TPSA) is 34.9 Å². The highest BCUT2D eigenvalue weighted by atomic mass is 79.9. The van der Waals surface area contributed by atoms with Crippen molar-refractivity contribution in [3.8, 4) is 0 Å². The molecule has 1 heterocycles. The van der Waals surface area contributed by atoms with Crippen molar-refractivity contribution in [3.05, 3.63) is 62.7 Å². The van der Waals surface area contributed by atoms with Gasteiger partial charge in [-0.2, -0.15) is 0 Å². The predicted octanol–water partition coefficient (Wildman–Crippen LogP) is 2.33. The maximum atomic E-state index is 13.7. The predicted molar refractivity (Wildman–Crippen MR) is 61.7 cm³/mol. The summed E-state index contributed by atoms with van der Waals surface area (Å²) in [6, 6.07) is 3.65. The second-order valence-corrected chi connectivity index (χ2v) is 4.22. The van der Waals surface area contributed by atoms with Crippen LogP contribution in [0.5, 0.6) is 0 Å². The molecule has 0 unspecified atom stereocenters. The van der Waals surface area contributed by atoms with Gasteiger partial charge in [0.2, 0.25) is 0 Å². The molecular weight excluding hydrogens is 294 g/mol. The van der Waals surface area contributed by atoms with Crippen LogP contribution in [-0.2, 0) is 6.54 Å². The normalized spacial score (nSPS) is 10.5. The third-order valence-electron chi connectivity index (χ3n) is 2.26. The molecule has 2 aromatic rings. The Bertz CT molecular complexity index is 613. The van der Waals surface area contributed by atoms with E-state index < -0.39 is 11.6 Å². The molecule has 0 amide bonds. The van der Waals surface area contributed by atoms with Crippen molar-refractivity contribution in [1.82, 2.24) is 9.55 Å². The van der Waals surface area contributed by atoms with E-state index in [1.165, 1.54) is 24.7 Å². The minimum absolute atomic E-state index is 0.158. The summed E-state index contributed by atoms with van der Waals surface area (Å²) < 4.78 is 28.4. The molecule has 0 radical (unpaired) electrons. The number of rotatable bonds is 2. The molecule has 1 aromatic heterocycles. The van der Waals surface area contributed by atoms with Crippen molar-refractivity contribution in [1.29, 1.82) is 0 Å². The number of nitrogens with zero attached hydrogens (tertiary/aromatic N) is 2. The zero-order valence-electron chi connectivity index (χ0n) is 8.53. The number of halogens is 3. The third kappa shape index (κ3) is 2.41. The quantitative estimate of drug-likeness (QED) is 0.798. The highest BCUT2D eigenvalue weighted by molar-refractivity contribution is 9.10. The Morgan fingerprint density at radius 1 is 1.29 bits per heavy atom. The summed E-state index contributed by atoms with van der Waals surface area (Å²) in [4.78, 5) is 15.1. The minimum Gasteiger partial charge on any atom is -0.295 e. The van der Waals surface area contributed by atoms with Crippen molar-refractivity contribution >= 4 is 15.9 Å². The van der Waals surface area contributed by atoms with E-state index in [-0.39, 0.29) is 22.1 Å². The van der Waals surface area contributed by atoms with Gasteiger partial charge in [-0.1, -0.05) is 0 Å². The fourth-order valence-corrected chi connectivity index (χ4v) is 1.75. The Labute approximate surface area is 104 Å². The van der Waals surface area contributed by atoms with Gasteiger partial charge in [0.25, 0.3) is 5.56 Å². The molecule has 0 aliphatic carbocycles. The Morgan fingerprint density at radius 3 is 2.76 bits per heavy atom. The van der Waals surface area contributed by atoms with E-state index in [2.05, 4.69) is 20.9 Å². The van der Waals surface area contributed by atoms with Crippen LogP contribution in [0.25, 0.3) is 0 Å². The number of benzene rings is 1. The van der Waals surface area contributed by atoms with Gasteiger partial charge in [0.15, 0.2) is 0 Å². The monoisotopic (exact) mass is 300 g/mol. The summed E-state index contributed by atoms with van der Waals surface area (Å²) in [5, 5.41) is 0. The molecule has 0 aliphatic heterocycles. The molecule has 0 saturated carbocycles. The molecule has 1 aromatic carbocycles. The van der Waals surface area contributed by atoms with E-state index in [4.69, 9.17) is 0 Å². The van der Waals surface area contributed by atoms with Crippen molar-refractivity contribution in [2.24, 2.45) is 0 Å². The summed E-state index contributed by atoms with van der Waals surface area (Å²) in [5.41, 5.74) is -0.534. The average Bonchev–Trinajstić information content (AvgIpc) is 2.32. The zero-order chi connectivity index (χ0) is 12.4. The summed E-state index contributed by atoms with van der Waals surface area (Å²) >= 11 is 2.97. The molecule has 3 nitrogen and oxygen atoms in total. The minimum atomic E-state index is -0.708. The Balaban J connectivity index is 2.47. The number of hydrogen-bond donors (Lipinski definition) is 0. The first-order valence-corrected chi connectivity index (χ1v) is 5.51. The maximum absolute atomic E-state index is 13.7. The largest absolute Gasteiger partial charge is 0.295 e. The maximum Gasteiger partial charge on any atom is 0.253 e. The Morgan fingerprint density at radius 2 is 2.06 bits per heavy atom. The smallest absolute Gasteiger partial charge is 0.253 e. The molecular formula is C11H7BrF2N2O. The van der Waals surface area contributed by atoms with Gasteiger partial charge < -0.3 is 0 Å². The molecule has 0 N–H and O–H groups in total. The van der Waals surface area contributed by atoms with Gasteiger partial charge in [0.1, 0.15) is 11.6 Å². The summed E-state index contributed by atoms with van der Waals surface area (Å²) in [5.74, 6) is -1.40. The SMILES string of the molecule is O=c1ccncn1Cc1c(F)ccc(Br)c1F. The van der Waals surface area contributed by atoms with E-state index in [0.29, 0.717) is 0 Å². The van der Waals surface area contributed by atoms with Crippen LogP contribution < -0.4 is 5.56 Å². The van der Waals surface area contributed by atoms with Crippen LogP contribution in [-0.4, -0.2) is 9.55 Å². The van der Waals surface area contributed by atoms with Gasteiger partial charge in [-0.05, 0) is 28.1 Å². The van der Waals surface area contributed by atoms with Crippen molar-refractivity contribution < 1.29 is 8.78 Å². The molecule has 0 saturated heterocycles. The zero-order valence-corrected chi connectivity index (χ0v) is 10.1. The van der Waals surface area contributed by atoms with Crippen LogP contribution in [0.15, 0.2) is 40.0 Å². The molecule has 17 heavy (non-hydrogen) atoms. The third-order valence-corrected chi connectivity index (χ3v) is 2.87. The number of aromatic nitrogens is 2. The van der Waals surface area contributed by atoms with Crippen LogP contribution >= 0.6 is 15.9 Å². The molecule has 0 bridgehead atoms. The van der Waals surface area contributed by atoms with Gasteiger partial charge in [0, 0.05) is 17.8 Å². The molecule has 0 fully saturated rings. The van der Waals surface area contributed by atoms with Crippen LogP contribution in [0.1, 0.15) is 5.56 Å². The molecule has 0 atom stereocenters. The lowest BCUT2D eigenvalue weighted by atomic mass is 10.2. The van der Waals surface area contributed by atoms with E-state index in [9.17, 15) is 13.6 Å². The van der Waals surface area contributed by atoms with Gasteiger partial charge in [0.05, 0.1) is 17.3 Å². The van der Waals surface area contributed by atoms with E-state index in [0.717, 1.165) is 10.6 Å². The summed E-state index contributed by atoms with van der Waals surface area (Å²) in [7, 11) is 0. The first-order valence-electron chi connectivity index (χ1n) is 4.72.